The maximum Gasteiger partial charge on any atom is 0.234 e. The highest BCUT2D eigenvalue weighted by Gasteiger charge is 2.06. The van der Waals surface area contributed by atoms with Gasteiger partial charge in [0.15, 0.2) is 0 Å². The number of rotatable bonds is 7. The van der Waals surface area contributed by atoms with Crippen LogP contribution in [0.2, 0.25) is 0 Å². The van der Waals surface area contributed by atoms with Crippen molar-refractivity contribution in [1.82, 2.24) is 10.2 Å². The fourth-order valence-corrected chi connectivity index (χ4v) is 2.11. The minimum Gasteiger partial charge on any atom is -0.352 e. The van der Waals surface area contributed by atoms with E-state index in [4.69, 9.17) is 0 Å². The highest BCUT2D eigenvalue weighted by atomic mass is 32.2. The molecule has 0 bridgehead atoms. The first-order valence-corrected chi connectivity index (χ1v) is 7.07. The van der Waals surface area contributed by atoms with Crippen molar-refractivity contribution in [3.05, 3.63) is 42.5 Å². The van der Waals surface area contributed by atoms with Crippen LogP contribution < -0.4 is 5.32 Å². The van der Waals surface area contributed by atoms with Crippen molar-refractivity contribution in [3.63, 3.8) is 0 Å². The summed E-state index contributed by atoms with van der Waals surface area (Å²) < 4.78 is 0. The van der Waals surface area contributed by atoms with Crippen molar-refractivity contribution in [3.8, 4) is 0 Å². The Morgan fingerprint density at radius 2 is 2.33 bits per heavy atom. The molecule has 0 aliphatic rings. The zero-order chi connectivity index (χ0) is 13.4. The molecule has 3 nitrogen and oxygen atoms in total. The summed E-state index contributed by atoms with van der Waals surface area (Å²) in [5, 5.41) is 2.77. The van der Waals surface area contributed by atoms with Crippen LogP contribution in [0.3, 0.4) is 0 Å². The fourth-order valence-electron chi connectivity index (χ4n) is 1.63. The second-order valence-corrected chi connectivity index (χ2v) is 5.00. The molecule has 1 N–H and O–H groups in total. The van der Waals surface area contributed by atoms with E-state index in [0.717, 1.165) is 6.54 Å². The molecule has 0 aromatic heterocycles. The smallest absolute Gasteiger partial charge is 0.234 e. The zero-order valence-corrected chi connectivity index (χ0v) is 11.8. The van der Waals surface area contributed by atoms with Gasteiger partial charge in [0.1, 0.15) is 0 Å². The third-order valence-corrected chi connectivity index (χ3v) is 3.17. The highest BCUT2D eigenvalue weighted by Crippen LogP contribution is 2.16. The summed E-state index contributed by atoms with van der Waals surface area (Å²) in [5.74, 6) is 0.0263. The van der Waals surface area contributed by atoms with E-state index in [2.05, 4.69) is 36.4 Å². The lowest BCUT2D eigenvalue weighted by atomic mass is 10.2. The molecule has 98 valence electrons. The van der Waals surface area contributed by atoms with Gasteiger partial charge < -0.3 is 5.32 Å². The summed E-state index contributed by atoms with van der Waals surface area (Å²) in [4.78, 5) is 14.8. The number of benzene rings is 1. The van der Waals surface area contributed by atoms with E-state index < -0.39 is 0 Å². The van der Waals surface area contributed by atoms with Gasteiger partial charge in [0.25, 0.3) is 0 Å². The Balaban J connectivity index is 2.45. The average molecular weight is 264 g/mol. The number of carbonyl (C=O) groups excluding carboxylic acids is 1. The Labute approximate surface area is 113 Å². The van der Waals surface area contributed by atoms with E-state index in [1.54, 1.807) is 17.8 Å². The number of amides is 1. The lowest BCUT2D eigenvalue weighted by Crippen LogP contribution is -2.34. The third kappa shape index (κ3) is 5.38. The number of carbonyl (C=O) groups is 1. The van der Waals surface area contributed by atoms with Crippen LogP contribution in [-0.4, -0.2) is 37.2 Å². The predicted octanol–water partition coefficient (Wildman–Crippen LogP) is 2.14. The normalized spacial score (nSPS) is 10.4. The number of thioether (sulfide) groups is 1. The van der Waals surface area contributed by atoms with E-state index in [9.17, 15) is 4.79 Å². The molecule has 0 radical (unpaired) electrons. The maximum absolute atomic E-state index is 11.5. The van der Waals surface area contributed by atoms with Gasteiger partial charge in [0.05, 0.1) is 6.54 Å². The molecule has 1 amide bonds. The molecular formula is C14H20N2OS. The third-order valence-electron chi connectivity index (χ3n) is 2.44. The van der Waals surface area contributed by atoms with Crippen LogP contribution in [0.4, 0.5) is 0 Å². The maximum atomic E-state index is 11.5. The summed E-state index contributed by atoms with van der Waals surface area (Å²) >= 11 is 1.73. The molecule has 18 heavy (non-hydrogen) atoms. The molecule has 0 spiro atoms. The monoisotopic (exact) mass is 264 g/mol. The first-order valence-electron chi connectivity index (χ1n) is 5.84. The van der Waals surface area contributed by atoms with Crippen LogP contribution in [0, 0.1) is 0 Å². The zero-order valence-electron chi connectivity index (χ0n) is 11.0. The first kappa shape index (κ1) is 14.8. The van der Waals surface area contributed by atoms with Gasteiger partial charge in [0.2, 0.25) is 5.91 Å². The summed E-state index contributed by atoms with van der Waals surface area (Å²) in [7, 11) is 1.94. The van der Waals surface area contributed by atoms with Gasteiger partial charge in [-0.1, -0.05) is 18.2 Å². The van der Waals surface area contributed by atoms with Crippen LogP contribution in [0.5, 0.6) is 0 Å². The molecule has 0 unspecified atom stereocenters. The molecule has 4 heteroatoms. The number of hydrogen-bond acceptors (Lipinski definition) is 3. The molecule has 0 aliphatic heterocycles. The van der Waals surface area contributed by atoms with Gasteiger partial charge in [-0.25, -0.2) is 0 Å². The van der Waals surface area contributed by atoms with Crippen molar-refractivity contribution in [2.24, 2.45) is 0 Å². The second-order valence-electron chi connectivity index (χ2n) is 4.12. The molecule has 0 saturated carbocycles. The SMILES string of the molecule is C=CCNC(=O)CN(C)Cc1cccc(SC)c1. The molecule has 0 saturated heterocycles. The van der Waals surface area contributed by atoms with E-state index in [0.29, 0.717) is 13.1 Å². The van der Waals surface area contributed by atoms with Gasteiger partial charge in [-0.05, 0) is 31.0 Å². The van der Waals surface area contributed by atoms with E-state index >= 15 is 0 Å². The van der Waals surface area contributed by atoms with E-state index in [1.807, 2.05) is 18.0 Å². The molecule has 0 fully saturated rings. The first-order chi connectivity index (χ1) is 8.65. The highest BCUT2D eigenvalue weighted by molar-refractivity contribution is 7.98. The molecule has 1 rings (SSSR count). The van der Waals surface area contributed by atoms with Gasteiger partial charge in [0, 0.05) is 18.0 Å². The van der Waals surface area contributed by atoms with Gasteiger partial charge >= 0.3 is 0 Å². The lowest BCUT2D eigenvalue weighted by molar-refractivity contribution is -0.121. The summed E-state index contributed by atoms with van der Waals surface area (Å²) in [6, 6.07) is 8.37. The van der Waals surface area contributed by atoms with Crippen LogP contribution in [0.15, 0.2) is 41.8 Å². The Morgan fingerprint density at radius 3 is 3.00 bits per heavy atom. The lowest BCUT2D eigenvalue weighted by Gasteiger charge is -2.16. The molecule has 1 aromatic carbocycles. The van der Waals surface area contributed by atoms with Crippen molar-refractivity contribution >= 4 is 17.7 Å². The van der Waals surface area contributed by atoms with Crippen LogP contribution in [-0.2, 0) is 11.3 Å². The molecule has 0 heterocycles. The Bertz CT molecular complexity index is 407. The van der Waals surface area contributed by atoms with Crippen molar-refractivity contribution in [2.45, 2.75) is 11.4 Å². The fraction of sp³-hybridized carbons (Fsp3) is 0.357. The van der Waals surface area contributed by atoms with E-state index in [1.165, 1.54) is 10.5 Å². The van der Waals surface area contributed by atoms with Crippen LogP contribution in [0.25, 0.3) is 0 Å². The molecule has 0 atom stereocenters. The summed E-state index contributed by atoms with van der Waals surface area (Å²) in [6.45, 7) is 5.26. The molecule has 1 aromatic rings. The van der Waals surface area contributed by atoms with Gasteiger partial charge in [-0.15, -0.1) is 18.3 Å². The number of nitrogens with zero attached hydrogens (tertiary/aromatic N) is 1. The number of hydrogen-bond donors (Lipinski definition) is 1. The van der Waals surface area contributed by atoms with Crippen LogP contribution >= 0.6 is 11.8 Å². The Kier molecular flexibility index (Phi) is 6.54. The average Bonchev–Trinajstić information content (AvgIpc) is 2.36. The summed E-state index contributed by atoms with van der Waals surface area (Å²) in [5.41, 5.74) is 1.22. The number of likely N-dealkylation sites (N-methyl/N-ethyl adjacent to an activating group) is 1. The number of nitrogens with one attached hydrogen (secondary N) is 1. The van der Waals surface area contributed by atoms with Crippen molar-refractivity contribution in [2.75, 3.05) is 26.4 Å². The largest absolute Gasteiger partial charge is 0.352 e. The van der Waals surface area contributed by atoms with Gasteiger partial charge in [-0.2, -0.15) is 0 Å². The van der Waals surface area contributed by atoms with Crippen molar-refractivity contribution in [1.29, 1.82) is 0 Å². The summed E-state index contributed by atoms with van der Waals surface area (Å²) in [6.07, 6.45) is 3.74. The minimum atomic E-state index is 0.0263. The standard InChI is InChI=1S/C14H20N2OS/c1-4-8-15-14(17)11-16(2)10-12-6-5-7-13(9-12)18-3/h4-7,9H,1,8,10-11H2,2-3H3,(H,15,17). The van der Waals surface area contributed by atoms with Crippen LogP contribution in [0.1, 0.15) is 5.56 Å². The predicted molar refractivity (Wildman–Crippen MR) is 77.8 cm³/mol. The van der Waals surface area contributed by atoms with Gasteiger partial charge in [-0.3, -0.25) is 9.69 Å². The Morgan fingerprint density at radius 1 is 1.56 bits per heavy atom. The van der Waals surface area contributed by atoms with E-state index in [-0.39, 0.29) is 5.91 Å². The molecular weight excluding hydrogens is 244 g/mol. The second kappa shape index (κ2) is 7.95. The van der Waals surface area contributed by atoms with Crippen molar-refractivity contribution < 1.29 is 4.79 Å². The quantitative estimate of drug-likeness (QED) is 0.605. The minimum absolute atomic E-state index is 0.0263. The molecule has 0 aliphatic carbocycles. The topological polar surface area (TPSA) is 32.3 Å². The Hall–Kier alpha value is -1.26.